The normalized spacial score (nSPS) is 10.5. The number of anilines is 1. The minimum absolute atomic E-state index is 0.320. The van der Waals surface area contributed by atoms with Gasteiger partial charge in [-0.25, -0.2) is 5.10 Å². The highest BCUT2D eigenvalue weighted by molar-refractivity contribution is 6.04. The Hall–Kier alpha value is -4.73. The number of nitrogens with zero attached hydrogens (tertiary/aromatic N) is 3. The summed E-state index contributed by atoms with van der Waals surface area (Å²) in [5, 5.41) is 23.2. The Morgan fingerprint density at radius 2 is 1.88 bits per heavy atom. The summed E-state index contributed by atoms with van der Waals surface area (Å²) < 4.78 is 6.23. The second-order valence-corrected chi connectivity index (χ2v) is 6.64. The number of para-hydroxylation sites is 2. The van der Waals surface area contributed by atoms with E-state index in [0.717, 1.165) is 10.7 Å². The topological polar surface area (TPSA) is 139 Å². The number of hydrogen-bond donors (Lipinski definition) is 3. The summed E-state index contributed by atoms with van der Waals surface area (Å²) in [6.45, 7) is 0. The minimum atomic E-state index is -0.724. The average Bonchev–Trinajstić information content (AvgIpc) is 2.80. The Bertz CT molecular complexity index is 1410. The molecule has 4 aromatic rings. The fourth-order valence-corrected chi connectivity index (χ4v) is 3.04. The van der Waals surface area contributed by atoms with Crippen molar-refractivity contribution in [2.75, 3.05) is 12.4 Å². The van der Waals surface area contributed by atoms with Crippen molar-refractivity contribution >= 4 is 11.6 Å². The molecular weight excluding hydrogens is 414 g/mol. The molecule has 0 aliphatic heterocycles. The van der Waals surface area contributed by atoms with Gasteiger partial charge in [0.1, 0.15) is 11.4 Å². The molecular formula is C22H17N5O5. The monoisotopic (exact) mass is 431 g/mol. The number of aromatic nitrogens is 4. The van der Waals surface area contributed by atoms with Crippen LogP contribution in [0, 0.1) is 0 Å². The van der Waals surface area contributed by atoms with E-state index in [1.807, 2.05) is 0 Å². The molecule has 0 aliphatic rings. The van der Waals surface area contributed by atoms with Gasteiger partial charge in [-0.1, -0.05) is 24.3 Å². The van der Waals surface area contributed by atoms with Crippen LogP contribution in [0.5, 0.6) is 11.5 Å². The van der Waals surface area contributed by atoms with Crippen LogP contribution in [-0.4, -0.2) is 38.1 Å². The predicted octanol–water partition coefficient (Wildman–Crippen LogP) is 1.95. The fraction of sp³-hybridized carbons (Fsp3) is 0.0455. The van der Waals surface area contributed by atoms with Crippen molar-refractivity contribution in [2.45, 2.75) is 0 Å². The van der Waals surface area contributed by atoms with Crippen molar-refractivity contribution < 1.29 is 14.6 Å². The number of aromatic hydroxyl groups is 1. The van der Waals surface area contributed by atoms with Crippen molar-refractivity contribution in [3.8, 4) is 28.4 Å². The first-order valence-corrected chi connectivity index (χ1v) is 9.40. The van der Waals surface area contributed by atoms with Gasteiger partial charge >= 0.3 is 0 Å². The van der Waals surface area contributed by atoms with E-state index in [4.69, 9.17) is 4.74 Å². The molecule has 0 atom stereocenters. The Labute approximate surface area is 180 Å². The Morgan fingerprint density at radius 3 is 2.62 bits per heavy atom. The van der Waals surface area contributed by atoms with Crippen molar-refractivity contribution in [1.29, 1.82) is 0 Å². The zero-order chi connectivity index (χ0) is 22.7. The molecule has 1 amide bonds. The standard InChI is InChI=1S/C22H17N5O5/c1-32-18-8-3-2-7-16(18)27-20(30)12-17(28)21(26-27)22(31)23-14-6-4-5-13(11-14)15-9-10-19(29)25-24-15/h2-12,28H,1H3,(H,23,31)(H,25,29). The summed E-state index contributed by atoms with van der Waals surface area (Å²) in [6, 6.07) is 17.2. The molecule has 160 valence electrons. The molecule has 0 aliphatic carbocycles. The van der Waals surface area contributed by atoms with Crippen LogP contribution < -0.4 is 21.2 Å². The van der Waals surface area contributed by atoms with Crippen LogP contribution in [0.15, 0.2) is 76.3 Å². The van der Waals surface area contributed by atoms with E-state index in [9.17, 15) is 19.5 Å². The van der Waals surface area contributed by atoms with Gasteiger partial charge in [0.15, 0.2) is 11.4 Å². The van der Waals surface area contributed by atoms with Crippen LogP contribution in [0.4, 0.5) is 5.69 Å². The molecule has 10 heteroatoms. The number of carbonyl (C=O) groups is 1. The highest BCUT2D eigenvalue weighted by Crippen LogP contribution is 2.23. The second kappa shape index (κ2) is 8.56. The molecule has 4 rings (SSSR count). The summed E-state index contributed by atoms with van der Waals surface area (Å²) in [4.78, 5) is 36.4. The largest absolute Gasteiger partial charge is 0.505 e. The van der Waals surface area contributed by atoms with E-state index in [1.165, 1.54) is 13.2 Å². The number of aromatic amines is 1. The maximum Gasteiger partial charge on any atom is 0.279 e. The van der Waals surface area contributed by atoms with Gasteiger partial charge in [-0.3, -0.25) is 14.4 Å². The van der Waals surface area contributed by atoms with Crippen LogP contribution in [-0.2, 0) is 0 Å². The molecule has 0 fully saturated rings. The molecule has 0 radical (unpaired) electrons. The van der Waals surface area contributed by atoms with E-state index in [-0.39, 0.29) is 11.3 Å². The molecule has 0 unspecified atom stereocenters. The molecule has 0 spiro atoms. The first kappa shape index (κ1) is 20.5. The molecule has 32 heavy (non-hydrogen) atoms. The molecule has 2 aromatic heterocycles. The third-order valence-corrected chi connectivity index (χ3v) is 4.54. The molecule has 10 nitrogen and oxygen atoms in total. The number of carbonyl (C=O) groups excluding carboxylic acids is 1. The lowest BCUT2D eigenvalue weighted by Gasteiger charge is -2.12. The zero-order valence-electron chi connectivity index (χ0n) is 16.8. The molecule has 0 saturated heterocycles. The number of hydrogen-bond acceptors (Lipinski definition) is 7. The van der Waals surface area contributed by atoms with Gasteiger partial charge in [0.05, 0.1) is 12.8 Å². The Balaban J connectivity index is 1.67. The number of benzene rings is 2. The third-order valence-electron chi connectivity index (χ3n) is 4.54. The van der Waals surface area contributed by atoms with Gasteiger partial charge in [0.2, 0.25) is 0 Å². The average molecular weight is 431 g/mol. The lowest BCUT2D eigenvalue weighted by Crippen LogP contribution is -2.25. The maximum atomic E-state index is 12.8. The molecule has 2 aromatic carbocycles. The summed E-state index contributed by atoms with van der Waals surface area (Å²) in [7, 11) is 1.45. The molecule has 3 N–H and O–H groups in total. The van der Waals surface area contributed by atoms with Crippen LogP contribution in [0.2, 0.25) is 0 Å². The number of rotatable bonds is 5. The van der Waals surface area contributed by atoms with Crippen molar-refractivity contribution in [2.24, 2.45) is 0 Å². The summed E-state index contributed by atoms with van der Waals surface area (Å²) in [6.07, 6.45) is 0. The Kier molecular flexibility index (Phi) is 5.49. The minimum Gasteiger partial charge on any atom is -0.505 e. The van der Waals surface area contributed by atoms with Gasteiger partial charge < -0.3 is 15.2 Å². The van der Waals surface area contributed by atoms with Crippen molar-refractivity contribution in [3.63, 3.8) is 0 Å². The fourth-order valence-electron chi connectivity index (χ4n) is 3.04. The van der Waals surface area contributed by atoms with Gasteiger partial charge in [0, 0.05) is 23.4 Å². The highest BCUT2D eigenvalue weighted by atomic mass is 16.5. The second-order valence-electron chi connectivity index (χ2n) is 6.64. The summed E-state index contributed by atoms with van der Waals surface area (Å²) >= 11 is 0. The van der Waals surface area contributed by atoms with Gasteiger partial charge in [-0.15, -0.1) is 0 Å². The van der Waals surface area contributed by atoms with Gasteiger partial charge in [-0.05, 0) is 30.3 Å². The number of amides is 1. The SMILES string of the molecule is COc1ccccc1-n1nc(C(=O)Nc2cccc(-c3ccc(=O)[nH]n3)c2)c(O)cc1=O. The van der Waals surface area contributed by atoms with E-state index in [0.29, 0.717) is 28.4 Å². The van der Waals surface area contributed by atoms with Crippen LogP contribution >= 0.6 is 0 Å². The van der Waals surface area contributed by atoms with Gasteiger partial charge in [0.25, 0.3) is 17.0 Å². The smallest absolute Gasteiger partial charge is 0.279 e. The number of methoxy groups -OCH3 is 1. The zero-order valence-corrected chi connectivity index (χ0v) is 16.8. The molecule has 0 bridgehead atoms. The van der Waals surface area contributed by atoms with E-state index >= 15 is 0 Å². The molecule has 0 saturated carbocycles. The maximum absolute atomic E-state index is 12.8. The summed E-state index contributed by atoms with van der Waals surface area (Å²) in [5.74, 6) is -0.907. The molecule has 2 heterocycles. The van der Waals surface area contributed by atoms with Crippen LogP contribution in [0.1, 0.15) is 10.5 Å². The van der Waals surface area contributed by atoms with Crippen molar-refractivity contribution in [3.05, 3.63) is 93.1 Å². The lowest BCUT2D eigenvalue weighted by molar-refractivity contribution is 0.101. The van der Waals surface area contributed by atoms with E-state index in [1.54, 1.807) is 54.6 Å². The lowest BCUT2D eigenvalue weighted by atomic mass is 10.1. The highest BCUT2D eigenvalue weighted by Gasteiger charge is 2.18. The number of H-pyrrole nitrogens is 1. The van der Waals surface area contributed by atoms with Crippen LogP contribution in [0.25, 0.3) is 16.9 Å². The predicted molar refractivity (Wildman–Crippen MR) is 116 cm³/mol. The quantitative estimate of drug-likeness (QED) is 0.439. The van der Waals surface area contributed by atoms with E-state index in [2.05, 4.69) is 20.6 Å². The number of nitrogens with one attached hydrogen (secondary N) is 2. The summed E-state index contributed by atoms with van der Waals surface area (Å²) in [5.41, 5.74) is 0.571. The third kappa shape index (κ3) is 4.10. The first-order valence-electron chi connectivity index (χ1n) is 9.40. The number of ether oxygens (including phenoxy) is 1. The van der Waals surface area contributed by atoms with Crippen molar-refractivity contribution in [1.82, 2.24) is 20.0 Å². The van der Waals surface area contributed by atoms with E-state index < -0.39 is 17.2 Å². The first-order chi connectivity index (χ1) is 15.5. The Morgan fingerprint density at radius 1 is 1.06 bits per heavy atom. The van der Waals surface area contributed by atoms with Gasteiger partial charge in [-0.2, -0.15) is 14.9 Å². The van der Waals surface area contributed by atoms with Crippen LogP contribution in [0.3, 0.4) is 0 Å².